The first-order valence-corrected chi connectivity index (χ1v) is 9.24. The second kappa shape index (κ2) is 8.45. The quantitative estimate of drug-likeness (QED) is 0.534. The molecule has 2 aromatic carbocycles. The fourth-order valence-corrected chi connectivity index (χ4v) is 2.98. The van der Waals surface area contributed by atoms with Gasteiger partial charge in [0.2, 0.25) is 5.60 Å². The molecule has 0 amide bonds. The van der Waals surface area contributed by atoms with Crippen molar-refractivity contribution < 1.29 is 23.0 Å². The third-order valence-corrected chi connectivity index (χ3v) is 5.05. The van der Waals surface area contributed by atoms with Crippen molar-refractivity contribution in [2.45, 2.75) is 45.5 Å². The lowest BCUT2D eigenvalue weighted by atomic mass is 9.82. The Morgan fingerprint density at radius 2 is 1.69 bits per heavy atom. The number of ether oxygens (including phenoxy) is 1. The summed E-state index contributed by atoms with van der Waals surface area (Å²) in [6, 6.07) is 8.84. The number of hydrogen-bond acceptors (Lipinski definition) is 3. The highest BCUT2D eigenvalue weighted by Gasteiger charge is 2.58. The Hall–Kier alpha value is -2.54. The van der Waals surface area contributed by atoms with Crippen LogP contribution in [0.25, 0.3) is 0 Å². The second-order valence-electron chi connectivity index (χ2n) is 7.37. The number of aryl methyl sites for hydroxylation is 2. The molecule has 0 aliphatic carbocycles. The molecule has 0 saturated carbocycles. The summed E-state index contributed by atoms with van der Waals surface area (Å²) in [5.41, 5.74) is -2.53. The van der Waals surface area contributed by atoms with Crippen molar-refractivity contribution in [1.29, 1.82) is 0 Å². The average molecular weight is 408 g/mol. The molecule has 0 saturated heterocycles. The number of methoxy groups -OCH3 is 1. The summed E-state index contributed by atoms with van der Waals surface area (Å²) < 4.78 is 47.9. The van der Waals surface area contributed by atoms with E-state index in [1.807, 2.05) is 25.8 Å². The highest BCUT2D eigenvalue weighted by Crippen LogP contribution is 2.49. The molecule has 0 bridgehead atoms. The third kappa shape index (κ3) is 4.40. The van der Waals surface area contributed by atoms with Crippen molar-refractivity contribution >= 4 is 12.0 Å². The summed E-state index contributed by atoms with van der Waals surface area (Å²) in [5, 5.41) is 11.0. The van der Waals surface area contributed by atoms with Gasteiger partial charge in [0, 0.05) is 30.3 Å². The minimum absolute atomic E-state index is 0.0852. The fraction of sp³-hybridized carbons (Fsp3) is 0.409. The smallest absolute Gasteiger partial charge is 0.425 e. The fourth-order valence-electron chi connectivity index (χ4n) is 2.98. The first-order chi connectivity index (χ1) is 13.4. The Morgan fingerprint density at radius 3 is 2.21 bits per heavy atom. The average Bonchev–Trinajstić information content (AvgIpc) is 2.65. The number of benzene rings is 2. The molecule has 0 heterocycles. The van der Waals surface area contributed by atoms with Crippen LogP contribution in [0.15, 0.2) is 41.4 Å². The molecule has 0 aliphatic heterocycles. The summed E-state index contributed by atoms with van der Waals surface area (Å²) in [5.74, 6) is -0.0852. The van der Waals surface area contributed by atoms with Crippen LogP contribution in [0.4, 0.5) is 18.9 Å². The van der Waals surface area contributed by atoms with Crippen LogP contribution in [-0.4, -0.2) is 42.7 Å². The molecule has 7 heteroatoms. The number of hydrogen-bond donors (Lipinski definition) is 1. The van der Waals surface area contributed by atoms with E-state index in [1.54, 1.807) is 19.3 Å². The van der Waals surface area contributed by atoms with Crippen molar-refractivity contribution in [3.8, 4) is 5.75 Å². The van der Waals surface area contributed by atoms with E-state index in [0.29, 0.717) is 16.8 Å². The van der Waals surface area contributed by atoms with E-state index in [2.05, 4.69) is 4.99 Å². The maximum Gasteiger partial charge on any atom is 0.425 e. The Bertz CT molecular complexity index is 894. The zero-order chi connectivity index (χ0) is 22.0. The summed E-state index contributed by atoms with van der Waals surface area (Å²) in [4.78, 5) is 6.24. The summed E-state index contributed by atoms with van der Waals surface area (Å²) in [6.45, 7) is 7.17. The van der Waals surface area contributed by atoms with Crippen molar-refractivity contribution in [1.82, 2.24) is 4.90 Å². The first kappa shape index (κ1) is 22.7. The minimum atomic E-state index is -4.96. The van der Waals surface area contributed by atoms with E-state index < -0.39 is 11.8 Å². The van der Waals surface area contributed by atoms with Gasteiger partial charge in [-0.25, -0.2) is 4.99 Å². The standard InChI is InChI=1S/C22H27F3N2O2/c1-14(2)27(5)13-26-19-12-20(29-6)18(11-16(19)4)21(28,22(23,24)25)17-10-8-7-9-15(17)3/h7-14,28H,1-6H3. The molecule has 1 atom stereocenters. The number of rotatable bonds is 6. The largest absolute Gasteiger partial charge is 0.496 e. The maximum absolute atomic E-state index is 14.2. The van der Waals surface area contributed by atoms with Gasteiger partial charge in [0.1, 0.15) is 5.75 Å². The minimum Gasteiger partial charge on any atom is -0.496 e. The number of aliphatic hydroxyl groups is 1. The SMILES string of the molecule is COc1cc(N=CN(C)C(C)C)c(C)cc1C(O)(c1ccccc1C)C(F)(F)F. The highest BCUT2D eigenvalue weighted by atomic mass is 19.4. The predicted octanol–water partition coefficient (Wildman–Crippen LogP) is 5.11. The van der Waals surface area contributed by atoms with Crippen molar-refractivity contribution in [2.24, 2.45) is 4.99 Å². The molecule has 4 nitrogen and oxygen atoms in total. The lowest BCUT2D eigenvalue weighted by molar-refractivity contribution is -0.249. The summed E-state index contributed by atoms with van der Waals surface area (Å²) in [6.07, 6.45) is -3.34. The molecule has 158 valence electrons. The second-order valence-corrected chi connectivity index (χ2v) is 7.37. The molecule has 0 spiro atoms. The van der Waals surface area contributed by atoms with E-state index in [4.69, 9.17) is 4.74 Å². The Kier molecular flexibility index (Phi) is 6.63. The lowest BCUT2D eigenvalue weighted by Crippen LogP contribution is -2.44. The molecule has 0 aromatic heterocycles. The molecule has 0 fully saturated rings. The molecule has 0 radical (unpaired) electrons. The predicted molar refractivity (Wildman–Crippen MR) is 109 cm³/mol. The molecule has 29 heavy (non-hydrogen) atoms. The van der Waals surface area contributed by atoms with E-state index in [0.717, 1.165) is 0 Å². The Morgan fingerprint density at radius 1 is 1.07 bits per heavy atom. The van der Waals surface area contributed by atoms with Crippen LogP contribution in [0, 0.1) is 13.8 Å². The Labute approximate surface area is 169 Å². The van der Waals surface area contributed by atoms with Gasteiger partial charge in [0.15, 0.2) is 0 Å². The van der Waals surface area contributed by atoms with Gasteiger partial charge in [0.05, 0.1) is 19.1 Å². The number of alkyl halides is 3. The van der Waals surface area contributed by atoms with Gasteiger partial charge in [-0.05, 0) is 44.9 Å². The third-order valence-electron chi connectivity index (χ3n) is 5.05. The van der Waals surface area contributed by atoms with Gasteiger partial charge in [-0.1, -0.05) is 24.3 Å². The molecular weight excluding hydrogens is 381 g/mol. The van der Waals surface area contributed by atoms with Crippen molar-refractivity contribution in [2.75, 3.05) is 14.2 Å². The molecule has 2 aromatic rings. The van der Waals surface area contributed by atoms with Crippen LogP contribution in [0.3, 0.4) is 0 Å². The monoisotopic (exact) mass is 408 g/mol. The number of nitrogens with zero attached hydrogens (tertiary/aromatic N) is 2. The number of aliphatic imine (C=N–C) groups is 1. The molecule has 0 aliphatic rings. The lowest BCUT2D eigenvalue weighted by Gasteiger charge is -2.34. The normalized spacial score (nSPS) is 14.3. The van der Waals surface area contributed by atoms with E-state index in [-0.39, 0.29) is 22.9 Å². The van der Waals surface area contributed by atoms with Crippen molar-refractivity contribution in [3.05, 3.63) is 58.7 Å². The number of halogens is 3. The van der Waals surface area contributed by atoms with Gasteiger partial charge >= 0.3 is 6.18 Å². The topological polar surface area (TPSA) is 45.1 Å². The van der Waals surface area contributed by atoms with E-state index in [1.165, 1.54) is 44.4 Å². The Balaban J connectivity index is 2.70. The van der Waals surface area contributed by atoms with Crippen molar-refractivity contribution in [3.63, 3.8) is 0 Å². The van der Waals surface area contributed by atoms with Gasteiger partial charge in [-0.15, -0.1) is 0 Å². The van der Waals surface area contributed by atoms with Crippen LogP contribution in [0.5, 0.6) is 5.75 Å². The van der Waals surface area contributed by atoms with E-state index >= 15 is 0 Å². The highest BCUT2D eigenvalue weighted by molar-refractivity contribution is 5.66. The summed E-state index contributed by atoms with van der Waals surface area (Å²) >= 11 is 0. The van der Waals surface area contributed by atoms with Crippen LogP contribution < -0.4 is 4.74 Å². The van der Waals surface area contributed by atoms with Gasteiger partial charge in [-0.3, -0.25) is 0 Å². The molecule has 2 rings (SSSR count). The van der Waals surface area contributed by atoms with Crippen LogP contribution in [0.1, 0.15) is 36.1 Å². The van der Waals surface area contributed by atoms with Crippen LogP contribution in [0.2, 0.25) is 0 Å². The first-order valence-electron chi connectivity index (χ1n) is 9.24. The zero-order valence-electron chi connectivity index (χ0n) is 17.5. The zero-order valence-corrected chi connectivity index (χ0v) is 17.5. The molecular formula is C22H27F3N2O2. The van der Waals surface area contributed by atoms with Crippen LogP contribution >= 0.6 is 0 Å². The van der Waals surface area contributed by atoms with Gasteiger partial charge < -0.3 is 14.7 Å². The molecule has 1 N–H and O–H groups in total. The molecule has 1 unspecified atom stereocenters. The van der Waals surface area contributed by atoms with Crippen LogP contribution in [-0.2, 0) is 5.60 Å². The van der Waals surface area contributed by atoms with Gasteiger partial charge in [0.25, 0.3) is 0 Å². The van der Waals surface area contributed by atoms with E-state index in [9.17, 15) is 18.3 Å². The van der Waals surface area contributed by atoms with Gasteiger partial charge in [-0.2, -0.15) is 13.2 Å². The maximum atomic E-state index is 14.2. The summed E-state index contributed by atoms with van der Waals surface area (Å²) in [7, 11) is 3.13.